The Kier molecular flexibility index (Phi) is 4.47. The van der Waals surface area contributed by atoms with Crippen molar-refractivity contribution in [1.82, 2.24) is 9.55 Å². The van der Waals surface area contributed by atoms with Gasteiger partial charge in [0.15, 0.2) is 0 Å². The summed E-state index contributed by atoms with van der Waals surface area (Å²) in [6.45, 7) is 0.528. The number of benzene rings is 1. The first-order chi connectivity index (χ1) is 10.1. The third-order valence-corrected chi connectivity index (χ3v) is 5.10. The van der Waals surface area contributed by atoms with Crippen LogP contribution in [0, 0.1) is 9.49 Å². The Balaban J connectivity index is 1.90. The van der Waals surface area contributed by atoms with Gasteiger partial charge < -0.3 is 4.98 Å². The minimum absolute atomic E-state index is 0.164. The van der Waals surface area contributed by atoms with Crippen molar-refractivity contribution in [1.29, 1.82) is 0 Å². The lowest BCUT2D eigenvalue weighted by Crippen LogP contribution is -2.35. The molecule has 1 heterocycles. The molecule has 1 saturated carbocycles. The SMILES string of the molecule is O=c1[nH]c2ccc(I)cc2c(=O)n1CCC1CCCCC1. The van der Waals surface area contributed by atoms with Crippen LogP contribution in [0.25, 0.3) is 10.9 Å². The molecule has 112 valence electrons. The molecular weight excluding hydrogens is 379 g/mol. The zero-order valence-corrected chi connectivity index (χ0v) is 14.1. The van der Waals surface area contributed by atoms with E-state index in [1.807, 2.05) is 12.1 Å². The third-order valence-electron chi connectivity index (χ3n) is 4.43. The molecule has 1 fully saturated rings. The molecule has 1 aliphatic rings. The highest BCUT2D eigenvalue weighted by molar-refractivity contribution is 14.1. The first-order valence-electron chi connectivity index (χ1n) is 7.57. The first kappa shape index (κ1) is 14.8. The Morgan fingerprint density at radius 2 is 1.95 bits per heavy atom. The third kappa shape index (κ3) is 3.22. The maximum absolute atomic E-state index is 12.5. The van der Waals surface area contributed by atoms with E-state index in [0.717, 1.165) is 9.99 Å². The van der Waals surface area contributed by atoms with Crippen LogP contribution in [-0.4, -0.2) is 9.55 Å². The quantitative estimate of drug-likeness (QED) is 0.808. The monoisotopic (exact) mass is 398 g/mol. The number of aromatic amines is 1. The van der Waals surface area contributed by atoms with E-state index in [0.29, 0.717) is 23.4 Å². The summed E-state index contributed by atoms with van der Waals surface area (Å²) in [4.78, 5) is 27.4. The molecule has 1 aromatic carbocycles. The standard InChI is InChI=1S/C16H19IN2O2/c17-12-6-7-14-13(10-12)15(20)19(16(21)18-14)9-8-11-4-2-1-3-5-11/h6-7,10-11H,1-5,8-9H2,(H,18,21). The van der Waals surface area contributed by atoms with Crippen LogP contribution in [0.1, 0.15) is 38.5 Å². The van der Waals surface area contributed by atoms with Crippen LogP contribution < -0.4 is 11.2 Å². The second-order valence-electron chi connectivity index (χ2n) is 5.87. The molecule has 0 spiro atoms. The largest absolute Gasteiger partial charge is 0.328 e. The van der Waals surface area contributed by atoms with Gasteiger partial charge in [-0.1, -0.05) is 32.1 Å². The average molecular weight is 398 g/mol. The van der Waals surface area contributed by atoms with Crippen molar-refractivity contribution in [2.24, 2.45) is 5.92 Å². The maximum Gasteiger partial charge on any atom is 0.328 e. The van der Waals surface area contributed by atoms with Gasteiger partial charge in [-0.15, -0.1) is 0 Å². The highest BCUT2D eigenvalue weighted by Crippen LogP contribution is 2.26. The van der Waals surface area contributed by atoms with E-state index < -0.39 is 0 Å². The Hall–Kier alpha value is -1.11. The van der Waals surface area contributed by atoms with Crippen LogP contribution in [0.2, 0.25) is 0 Å². The smallest absolute Gasteiger partial charge is 0.307 e. The lowest BCUT2D eigenvalue weighted by atomic mass is 9.87. The Morgan fingerprint density at radius 1 is 1.19 bits per heavy atom. The summed E-state index contributed by atoms with van der Waals surface area (Å²) in [5.74, 6) is 0.664. The van der Waals surface area contributed by atoms with Crippen molar-refractivity contribution in [3.05, 3.63) is 42.6 Å². The molecule has 0 unspecified atom stereocenters. The number of aromatic nitrogens is 2. The number of hydrogen-bond donors (Lipinski definition) is 1. The van der Waals surface area contributed by atoms with E-state index in [1.54, 1.807) is 6.07 Å². The Labute approximate surface area is 136 Å². The molecule has 1 aromatic heterocycles. The van der Waals surface area contributed by atoms with E-state index in [2.05, 4.69) is 27.6 Å². The van der Waals surface area contributed by atoms with Crippen molar-refractivity contribution in [3.8, 4) is 0 Å². The minimum Gasteiger partial charge on any atom is -0.307 e. The van der Waals surface area contributed by atoms with Gasteiger partial charge in [-0.05, 0) is 53.1 Å². The average Bonchev–Trinajstić information content (AvgIpc) is 2.49. The van der Waals surface area contributed by atoms with Gasteiger partial charge in [0.2, 0.25) is 0 Å². The highest BCUT2D eigenvalue weighted by Gasteiger charge is 2.15. The van der Waals surface area contributed by atoms with E-state index in [4.69, 9.17) is 0 Å². The van der Waals surface area contributed by atoms with Crippen molar-refractivity contribution in [2.75, 3.05) is 0 Å². The Bertz CT molecular complexity index is 757. The van der Waals surface area contributed by atoms with Gasteiger partial charge in [-0.25, -0.2) is 4.79 Å². The van der Waals surface area contributed by atoms with Crippen molar-refractivity contribution in [2.45, 2.75) is 45.1 Å². The zero-order valence-electron chi connectivity index (χ0n) is 11.9. The van der Waals surface area contributed by atoms with E-state index in [9.17, 15) is 9.59 Å². The highest BCUT2D eigenvalue weighted by atomic mass is 127. The van der Waals surface area contributed by atoms with Crippen LogP contribution in [0.15, 0.2) is 27.8 Å². The predicted molar refractivity (Wildman–Crippen MR) is 92.7 cm³/mol. The summed E-state index contributed by atoms with van der Waals surface area (Å²) in [6, 6.07) is 5.53. The van der Waals surface area contributed by atoms with E-state index >= 15 is 0 Å². The summed E-state index contributed by atoms with van der Waals surface area (Å²) < 4.78 is 2.37. The number of rotatable bonds is 3. The summed E-state index contributed by atoms with van der Waals surface area (Å²) >= 11 is 2.18. The second kappa shape index (κ2) is 6.34. The lowest BCUT2D eigenvalue weighted by Gasteiger charge is -2.21. The van der Waals surface area contributed by atoms with Crippen LogP contribution >= 0.6 is 22.6 Å². The van der Waals surface area contributed by atoms with Gasteiger partial charge in [0.25, 0.3) is 5.56 Å². The van der Waals surface area contributed by atoms with Crippen molar-refractivity contribution in [3.63, 3.8) is 0 Å². The summed E-state index contributed by atoms with van der Waals surface area (Å²) in [5.41, 5.74) is 0.173. The van der Waals surface area contributed by atoms with Crippen LogP contribution in [0.3, 0.4) is 0 Å². The van der Waals surface area contributed by atoms with E-state index in [-0.39, 0.29) is 11.2 Å². The van der Waals surface area contributed by atoms with Crippen molar-refractivity contribution >= 4 is 33.5 Å². The molecule has 0 bridgehead atoms. The Morgan fingerprint density at radius 3 is 2.71 bits per heavy atom. The van der Waals surface area contributed by atoms with Gasteiger partial charge >= 0.3 is 5.69 Å². The van der Waals surface area contributed by atoms with Gasteiger partial charge in [-0.3, -0.25) is 9.36 Å². The van der Waals surface area contributed by atoms with Gasteiger partial charge in [-0.2, -0.15) is 0 Å². The van der Waals surface area contributed by atoms with Gasteiger partial charge in [0, 0.05) is 10.1 Å². The molecule has 5 heteroatoms. The van der Waals surface area contributed by atoms with Crippen molar-refractivity contribution < 1.29 is 0 Å². The lowest BCUT2D eigenvalue weighted by molar-refractivity contribution is 0.321. The molecule has 0 aliphatic heterocycles. The molecule has 1 aliphatic carbocycles. The normalized spacial score (nSPS) is 16.4. The van der Waals surface area contributed by atoms with Crippen LogP contribution in [0.5, 0.6) is 0 Å². The molecule has 3 rings (SSSR count). The van der Waals surface area contributed by atoms with E-state index in [1.165, 1.54) is 36.7 Å². The number of fused-ring (bicyclic) bond motifs is 1. The fourth-order valence-electron chi connectivity index (χ4n) is 3.21. The predicted octanol–water partition coefficient (Wildman–Crippen LogP) is 3.26. The number of nitrogens with one attached hydrogen (secondary N) is 1. The maximum atomic E-state index is 12.5. The molecule has 0 atom stereocenters. The topological polar surface area (TPSA) is 54.9 Å². The number of halogens is 1. The molecule has 0 saturated heterocycles. The number of nitrogens with zero attached hydrogens (tertiary/aromatic N) is 1. The summed E-state index contributed by atoms with van der Waals surface area (Å²) in [5, 5.41) is 0.602. The summed E-state index contributed by atoms with van der Waals surface area (Å²) in [6.07, 6.45) is 7.29. The molecule has 21 heavy (non-hydrogen) atoms. The number of hydrogen-bond acceptors (Lipinski definition) is 2. The van der Waals surface area contributed by atoms with Crippen LogP contribution in [0.4, 0.5) is 0 Å². The molecule has 4 nitrogen and oxygen atoms in total. The molecule has 2 aromatic rings. The second-order valence-corrected chi connectivity index (χ2v) is 7.12. The first-order valence-corrected chi connectivity index (χ1v) is 8.65. The summed E-state index contributed by atoms with van der Waals surface area (Å²) in [7, 11) is 0. The molecule has 0 amide bonds. The molecule has 1 N–H and O–H groups in total. The fourth-order valence-corrected chi connectivity index (χ4v) is 3.70. The fraction of sp³-hybridized carbons (Fsp3) is 0.500. The molecule has 0 radical (unpaired) electrons. The van der Waals surface area contributed by atoms with Gasteiger partial charge in [0.1, 0.15) is 0 Å². The van der Waals surface area contributed by atoms with Gasteiger partial charge in [0.05, 0.1) is 10.9 Å². The molecular formula is C16H19IN2O2. The zero-order chi connectivity index (χ0) is 14.8. The van der Waals surface area contributed by atoms with Crippen LogP contribution in [-0.2, 0) is 6.54 Å². The number of H-pyrrole nitrogens is 1. The minimum atomic E-state index is -0.287.